The van der Waals surface area contributed by atoms with Crippen LogP contribution in [0.25, 0.3) is 11.3 Å². The molecular formula is C27H34ClF2N5O7. The molecule has 3 aliphatic heterocycles. The number of benzene rings is 1. The fourth-order valence-electron chi connectivity index (χ4n) is 5.68. The lowest BCUT2D eigenvalue weighted by Gasteiger charge is -2.43. The van der Waals surface area contributed by atoms with Gasteiger partial charge in [0.1, 0.15) is 35.6 Å². The summed E-state index contributed by atoms with van der Waals surface area (Å²) in [7, 11) is 1.44. The Hall–Kier alpha value is -2.91. The number of oxime groups is 1. The van der Waals surface area contributed by atoms with Gasteiger partial charge in [0.15, 0.2) is 17.2 Å². The lowest BCUT2D eigenvalue weighted by Crippen LogP contribution is -2.57. The first-order chi connectivity index (χ1) is 19.8. The van der Waals surface area contributed by atoms with Crippen molar-refractivity contribution in [3.63, 3.8) is 0 Å². The molecule has 42 heavy (non-hydrogen) atoms. The number of halogens is 3. The van der Waals surface area contributed by atoms with Crippen molar-refractivity contribution in [3.05, 3.63) is 35.0 Å². The predicted molar refractivity (Wildman–Crippen MR) is 145 cm³/mol. The smallest absolute Gasteiger partial charge is 0.410 e. The number of ether oxygens (including phenoxy) is 3. The molecule has 1 amide bonds. The number of methoxy groups -OCH3 is 1. The van der Waals surface area contributed by atoms with Crippen LogP contribution < -0.4 is 0 Å². The Labute approximate surface area is 246 Å². The average molecular weight is 614 g/mol. The highest BCUT2D eigenvalue weighted by Crippen LogP contribution is 2.39. The van der Waals surface area contributed by atoms with Crippen molar-refractivity contribution in [1.29, 1.82) is 0 Å². The van der Waals surface area contributed by atoms with Gasteiger partial charge in [0.25, 0.3) is 0 Å². The van der Waals surface area contributed by atoms with Crippen molar-refractivity contribution in [2.24, 2.45) is 5.16 Å². The van der Waals surface area contributed by atoms with Crippen molar-refractivity contribution < 1.29 is 42.8 Å². The fourth-order valence-corrected chi connectivity index (χ4v) is 5.83. The number of nitrogens with zero attached hydrogens (tertiary/aromatic N) is 5. The van der Waals surface area contributed by atoms with E-state index in [0.717, 1.165) is 0 Å². The molecule has 3 aliphatic rings. The molecule has 2 N–H and O–H groups in total. The van der Waals surface area contributed by atoms with E-state index in [1.165, 1.54) is 30.1 Å². The number of aliphatic hydroxyl groups is 2. The minimum atomic E-state index is -1.28. The minimum absolute atomic E-state index is 0.0139. The molecule has 5 rings (SSSR count). The first-order valence-corrected chi connectivity index (χ1v) is 14.0. The van der Waals surface area contributed by atoms with Gasteiger partial charge < -0.3 is 34.2 Å². The number of amides is 1. The first kappa shape index (κ1) is 30.5. The number of hydrogen-bond acceptors (Lipinski definition) is 10. The lowest BCUT2D eigenvalue weighted by atomic mass is 9.87. The van der Waals surface area contributed by atoms with Crippen LogP contribution in [0.15, 0.2) is 23.5 Å². The van der Waals surface area contributed by atoms with E-state index in [1.807, 2.05) is 0 Å². The Morgan fingerprint density at radius 3 is 2.71 bits per heavy atom. The molecule has 2 aromatic rings. The van der Waals surface area contributed by atoms with Crippen molar-refractivity contribution in [3.8, 4) is 11.3 Å². The second-order valence-electron chi connectivity index (χ2n) is 11.8. The topological polar surface area (TPSA) is 141 Å². The van der Waals surface area contributed by atoms with Crippen LogP contribution >= 0.6 is 11.6 Å². The zero-order chi connectivity index (χ0) is 30.4. The summed E-state index contributed by atoms with van der Waals surface area (Å²) >= 11 is 5.67. The van der Waals surface area contributed by atoms with Gasteiger partial charge in [-0.25, -0.2) is 18.3 Å². The monoisotopic (exact) mass is 613 g/mol. The summed E-state index contributed by atoms with van der Waals surface area (Å²) in [6.45, 7) is 5.70. The Morgan fingerprint density at radius 1 is 1.26 bits per heavy atom. The number of carbonyl (C=O) groups excluding carboxylic acids is 1. The van der Waals surface area contributed by atoms with Crippen LogP contribution in [-0.4, -0.2) is 104 Å². The molecule has 4 heterocycles. The molecule has 230 valence electrons. The van der Waals surface area contributed by atoms with E-state index in [0.29, 0.717) is 31.6 Å². The summed E-state index contributed by atoms with van der Waals surface area (Å²) in [6, 6.07) is 1.59. The Morgan fingerprint density at radius 2 is 2.02 bits per heavy atom. The predicted octanol–water partition coefficient (Wildman–Crippen LogP) is 3.10. The maximum absolute atomic E-state index is 14.6. The number of hydrogen-bond donors (Lipinski definition) is 2. The lowest BCUT2D eigenvalue weighted by molar-refractivity contribution is -0.210. The van der Waals surface area contributed by atoms with E-state index >= 15 is 0 Å². The zero-order valence-corrected chi connectivity index (χ0v) is 24.4. The van der Waals surface area contributed by atoms with E-state index in [9.17, 15) is 23.8 Å². The van der Waals surface area contributed by atoms with Crippen LogP contribution in [-0.2, 0) is 19.0 Å². The van der Waals surface area contributed by atoms with Crippen molar-refractivity contribution >= 4 is 23.4 Å². The quantitative estimate of drug-likeness (QED) is 0.470. The average Bonchev–Trinajstić information content (AvgIpc) is 3.68. The third kappa shape index (κ3) is 5.95. The molecule has 1 aromatic heterocycles. The maximum Gasteiger partial charge on any atom is 0.410 e. The SMILES string of the molecule is CO[C@@H]1[C@@H](n2cc(-c3ccc(Cl)c(F)c3F)nn2)[C@@H](O)[C@@H](CO)O[C@@H]1CC1=NO[C@]2(CCN(C(=O)OC(C)(C)C)C2)C1. The number of rotatable bonds is 6. The summed E-state index contributed by atoms with van der Waals surface area (Å²) < 4.78 is 47.2. The molecule has 0 aliphatic carbocycles. The van der Waals surface area contributed by atoms with E-state index in [1.54, 1.807) is 25.7 Å². The number of aromatic nitrogens is 3. The van der Waals surface area contributed by atoms with Crippen molar-refractivity contribution in [2.75, 3.05) is 26.8 Å². The summed E-state index contributed by atoms with van der Waals surface area (Å²) in [5, 5.41) is 33.1. The molecule has 0 saturated carbocycles. The largest absolute Gasteiger partial charge is 0.444 e. The Bertz CT molecular complexity index is 1350. The molecule has 2 saturated heterocycles. The normalized spacial score (nSPS) is 29.6. The van der Waals surface area contributed by atoms with Crippen LogP contribution in [0.3, 0.4) is 0 Å². The van der Waals surface area contributed by atoms with E-state index in [-0.39, 0.29) is 22.7 Å². The van der Waals surface area contributed by atoms with E-state index < -0.39 is 66.0 Å². The summed E-state index contributed by atoms with van der Waals surface area (Å²) in [4.78, 5) is 20.0. The van der Waals surface area contributed by atoms with Gasteiger partial charge in [-0.3, -0.25) is 0 Å². The summed E-state index contributed by atoms with van der Waals surface area (Å²) in [5.74, 6) is -2.39. The van der Waals surface area contributed by atoms with Gasteiger partial charge >= 0.3 is 6.09 Å². The van der Waals surface area contributed by atoms with Gasteiger partial charge in [0.05, 0.1) is 36.2 Å². The zero-order valence-electron chi connectivity index (χ0n) is 23.7. The third-order valence-electron chi connectivity index (χ3n) is 7.66. The minimum Gasteiger partial charge on any atom is -0.444 e. The summed E-state index contributed by atoms with van der Waals surface area (Å²) in [6.07, 6.45) is -1.58. The van der Waals surface area contributed by atoms with Crippen LogP contribution in [0.5, 0.6) is 0 Å². The van der Waals surface area contributed by atoms with Gasteiger partial charge in [-0.2, -0.15) is 0 Å². The highest BCUT2D eigenvalue weighted by molar-refractivity contribution is 6.30. The van der Waals surface area contributed by atoms with Gasteiger partial charge in [-0.05, 0) is 32.9 Å². The molecule has 0 bridgehead atoms. The first-order valence-electron chi connectivity index (χ1n) is 13.6. The van der Waals surface area contributed by atoms with Gasteiger partial charge in [-0.1, -0.05) is 22.0 Å². The molecule has 0 radical (unpaired) electrons. The molecule has 1 aromatic carbocycles. The van der Waals surface area contributed by atoms with Gasteiger partial charge in [0.2, 0.25) is 0 Å². The number of carbonyl (C=O) groups is 1. The molecule has 0 unspecified atom stereocenters. The Kier molecular flexibility index (Phi) is 8.47. The second-order valence-corrected chi connectivity index (χ2v) is 12.3. The highest BCUT2D eigenvalue weighted by atomic mass is 35.5. The molecule has 15 heteroatoms. The fraction of sp³-hybridized carbons (Fsp3) is 0.630. The molecule has 1 spiro atoms. The van der Waals surface area contributed by atoms with E-state index in [4.69, 9.17) is 30.6 Å². The third-order valence-corrected chi connectivity index (χ3v) is 7.95. The van der Waals surface area contributed by atoms with E-state index in [2.05, 4.69) is 15.5 Å². The molecule has 12 nitrogen and oxygen atoms in total. The molecular weight excluding hydrogens is 580 g/mol. The van der Waals surface area contributed by atoms with Gasteiger partial charge in [-0.15, -0.1) is 5.10 Å². The van der Waals surface area contributed by atoms with Gasteiger partial charge in [0, 0.05) is 38.5 Å². The molecule has 2 fully saturated rings. The van der Waals surface area contributed by atoms with Crippen molar-refractivity contribution in [2.45, 2.75) is 81.7 Å². The highest BCUT2D eigenvalue weighted by Gasteiger charge is 2.51. The van der Waals surface area contributed by atoms with Crippen LogP contribution in [0.2, 0.25) is 5.02 Å². The number of likely N-dealkylation sites (tertiary alicyclic amines) is 1. The summed E-state index contributed by atoms with van der Waals surface area (Å²) in [5.41, 5.74) is -0.781. The van der Waals surface area contributed by atoms with Crippen LogP contribution in [0.1, 0.15) is 46.1 Å². The van der Waals surface area contributed by atoms with Crippen molar-refractivity contribution in [1.82, 2.24) is 19.9 Å². The number of aliphatic hydroxyl groups excluding tert-OH is 2. The maximum atomic E-state index is 14.6. The molecule has 6 atom stereocenters. The standard InChI is InChI=1S/C27H34ClF2N5O7/c1-26(2,3)41-25(38)34-8-7-27(13-34)10-14(32-42-27)9-18-24(39-4)22(23(37)19(12-36)40-18)35-11-17(31-33-35)15-5-6-16(28)21(30)20(15)29/h5-6,11,18-19,22-24,36-37H,7-10,12-13H2,1-4H3/t18-,19-,22+,23+,24+,27-/m1/s1. The Balaban J connectivity index is 1.32. The second kappa shape index (κ2) is 11.6. The van der Waals surface area contributed by atoms with Crippen LogP contribution in [0, 0.1) is 11.6 Å². The van der Waals surface area contributed by atoms with Crippen LogP contribution in [0.4, 0.5) is 13.6 Å².